The van der Waals surface area contributed by atoms with Gasteiger partial charge in [-0.25, -0.2) is 9.59 Å². The number of rotatable bonds is 0. The highest BCUT2D eigenvalue weighted by atomic mass is 16.6. The quantitative estimate of drug-likeness (QED) is 0.531. The Hall–Kier alpha value is -1.59. The topological polar surface area (TPSA) is 72.9 Å². The van der Waals surface area contributed by atoms with Crippen molar-refractivity contribution in [2.45, 2.75) is 6.92 Å². The van der Waals surface area contributed by atoms with Crippen LogP contribution in [0.25, 0.3) is 0 Å². The van der Waals surface area contributed by atoms with Gasteiger partial charge in [-0.2, -0.15) is 0 Å². The molecule has 0 atom stereocenters. The van der Waals surface area contributed by atoms with Crippen molar-refractivity contribution in [3.63, 3.8) is 0 Å². The van der Waals surface area contributed by atoms with E-state index in [1.165, 1.54) is 0 Å². The van der Waals surface area contributed by atoms with Crippen molar-refractivity contribution in [3.05, 3.63) is 0 Å². The maximum atomic E-state index is 10.7. The van der Waals surface area contributed by atoms with Gasteiger partial charge in [-0.1, -0.05) is 0 Å². The summed E-state index contributed by atoms with van der Waals surface area (Å²) in [6.45, 7) is 1.05. The summed E-state index contributed by atoms with van der Waals surface area (Å²) in [5.74, 6) is -0.756. The van der Waals surface area contributed by atoms with Crippen molar-refractivity contribution in [1.82, 2.24) is 4.90 Å². The minimum absolute atomic E-state index is 0.250. The second-order valence-electron chi connectivity index (χ2n) is 1.79. The van der Waals surface area contributed by atoms with Crippen LogP contribution in [0.4, 0.5) is 9.59 Å². The van der Waals surface area contributed by atoms with Crippen LogP contribution in [0.3, 0.4) is 0 Å². The standard InChI is InChI=1S/C6H9NO5/c1-4(8)7(5(9)11-2)6(10)12-3/h1-3H3. The van der Waals surface area contributed by atoms with E-state index in [1.54, 1.807) is 0 Å². The predicted molar refractivity (Wildman–Crippen MR) is 37.3 cm³/mol. The highest BCUT2D eigenvalue weighted by molar-refractivity contribution is 6.05. The second-order valence-corrected chi connectivity index (χ2v) is 1.79. The van der Waals surface area contributed by atoms with Gasteiger partial charge in [0, 0.05) is 6.92 Å². The molecule has 0 N–H and O–H groups in total. The molecule has 0 aliphatic heterocycles. The van der Waals surface area contributed by atoms with Crippen molar-refractivity contribution in [2.24, 2.45) is 0 Å². The summed E-state index contributed by atoms with van der Waals surface area (Å²) >= 11 is 0. The minimum Gasteiger partial charge on any atom is -0.452 e. The van der Waals surface area contributed by atoms with Crippen LogP contribution in [0.15, 0.2) is 0 Å². The van der Waals surface area contributed by atoms with E-state index in [4.69, 9.17) is 0 Å². The maximum Gasteiger partial charge on any atom is 0.426 e. The maximum absolute atomic E-state index is 10.7. The molecule has 0 fully saturated rings. The number of nitrogens with zero attached hydrogens (tertiary/aromatic N) is 1. The van der Waals surface area contributed by atoms with Gasteiger partial charge in [0.25, 0.3) is 0 Å². The van der Waals surface area contributed by atoms with Crippen LogP contribution in [0.2, 0.25) is 0 Å². The molecule has 6 heteroatoms. The lowest BCUT2D eigenvalue weighted by Crippen LogP contribution is -2.40. The highest BCUT2D eigenvalue weighted by Gasteiger charge is 2.27. The van der Waals surface area contributed by atoms with Crippen LogP contribution in [0.1, 0.15) is 6.92 Å². The lowest BCUT2D eigenvalue weighted by Gasteiger charge is -2.12. The Labute approximate surface area is 69.0 Å². The van der Waals surface area contributed by atoms with Crippen molar-refractivity contribution >= 4 is 18.1 Å². The zero-order valence-electron chi connectivity index (χ0n) is 6.99. The molecule has 0 spiro atoms. The fourth-order valence-corrected chi connectivity index (χ4v) is 0.514. The van der Waals surface area contributed by atoms with E-state index < -0.39 is 18.1 Å². The van der Waals surface area contributed by atoms with Crippen LogP contribution in [0.5, 0.6) is 0 Å². The molecule has 0 saturated carbocycles. The monoisotopic (exact) mass is 175 g/mol. The van der Waals surface area contributed by atoms with Gasteiger partial charge in [-0.3, -0.25) is 4.79 Å². The molecule has 0 aromatic rings. The number of carbonyl (C=O) groups is 3. The summed E-state index contributed by atoms with van der Waals surface area (Å²) in [5, 5.41) is 0. The normalized spacial score (nSPS) is 8.58. The van der Waals surface area contributed by atoms with Gasteiger partial charge in [0.1, 0.15) is 0 Å². The molecule has 0 aromatic heterocycles. The van der Waals surface area contributed by atoms with Crippen LogP contribution in [0, 0.1) is 0 Å². The third-order valence-electron chi connectivity index (χ3n) is 1.03. The summed E-state index contributed by atoms with van der Waals surface area (Å²) in [6, 6.07) is 0. The fraction of sp³-hybridized carbons (Fsp3) is 0.500. The van der Waals surface area contributed by atoms with Crippen LogP contribution >= 0.6 is 0 Å². The number of hydrogen-bond donors (Lipinski definition) is 0. The number of amides is 3. The average molecular weight is 175 g/mol. The van der Waals surface area contributed by atoms with Gasteiger partial charge in [0.2, 0.25) is 5.91 Å². The van der Waals surface area contributed by atoms with Crippen LogP contribution in [-0.4, -0.2) is 37.2 Å². The number of imide groups is 3. The van der Waals surface area contributed by atoms with Gasteiger partial charge in [0.05, 0.1) is 14.2 Å². The zero-order valence-corrected chi connectivity index (χ0v) is 6.99. The van der Waals surface area contributed by atoms with Gasteiger partial charge in [-0.05, 0) is 0 Å². The smallest absolute Gasteiger partial charge is 0.426 e. The molecule has 0 unspecified atom stereocenters. The third kappa shape index (κ3) is 2.22. The Morgan fingerprint density at radius 1 is 1.00 bits per heavy atom. The molecule has 6 nitrogen and oxygen atoms in total. The van der Waals surface area contributed by atoms with E-state index >= 15 is 0 Å². The number of carbonyl (C=O) groups excluding carboxylic acids is 3. The average Bonchev–Trinajstić information content (AvgIpc) is 2.03. The Morgan fingerprint density at radius 3 is 1.50 bits per heavy atom. The first-order valence-corrected chi connectivity index (χ1v) is 3.01. The SMILES string of the molecule is COC(=O)N(C(C)=O)C(=O)OC. The molecule has 0 aliphatic rings. The Morgan fingerprint density at radius 2 is 1.33 bits per heavy atom. The van der Waals surface area contributed by atoms with E-state index in [2.05, 4.69) is 9.47 Å². The van der Waals surface area contributed by atoms with Gasteiger partial charge >= 0.3 is 12.2 Å². The molecular formula is C6H9NO5. The first-order valence-electron chi connectivity index (χ1n) is 3.01. The lowest BCUT2D eigenvalue weighted by molar-refractivity contribution is -0.125. The van der Waals surface area contributed by atoms with E-state index in [-0.39, 0.29) is 4.90 Å². The molecule has 0 rings (SSSR count). The van der Waals surface area contributed by atoms with Gasteiger partial charge in [0.15, 0.2) is 0 Å². The summed E-state index contributed by atoms with van der Waals surface area (Å²) < 4.78 is 8.32. The van der Waals surface area contributed by atoms with Crippen molar-refractivity contribution in [1.29, 1.82) is 0 Å². The van der Waals surface area contributed by atoms with Crippen molar-refractivity contribution in [3.8, 4) is 0 Å². The summed E-state index contributed by atoms with van der Waals surface area (Å²) in [6.07, 6.45) is -2.12. The van der Waals surface area contributed by atoms with E-state index in [1.807, 2.05) is 0 Å². The van der Waals surface area contributed by atoms with E-state index in [0.29, 0.717) is 0 Å². The fourth-order valence-electron chi connectivity index (χ4n) is 0.514. The molecule has 12 heavy (non-hydrogen) atoms. The van der Waals surface area contributed by atoms with E-state index in [0.717, 1.165) is 21.1 Å². The third-order valence-corrected chi connectivity index (χ3v) is 1.03. The molecule has 0 saturated heterocycles. The highest BCUT2D eigenvalue weighted by Crippen LogP contribution is 1.97. The largest absolute Gasteiger partial charge is 0.452 e. The Kier molecular flexibility index (Phi) is 3.75. The zero-order chi connectivity index (χ0) is 9.72. The van der Waals surface area contributed by atoms with Crippen molar-refractivity contribution < 1.29 is 23.9 Å². The molecule has 0 radical (unpaired) electrons. The molecular weight excluding hydrogens is 166 g/mol. The lowest BCUT2D eigenvalue weighted by atomic mass is 10.6. The molecule has 68 valence electrons. The van der Waals surface area contributed by atoms with Crippen LogP contribution < -0.4 is 0 Å². The number of methoxy groups -OCH3 is 2. The second kappa shape index (κ2) is 4.32. The Bertz CT molecular complexity index is 196. The summed E-state index contributed by atoms with van der Waals surface area (Å²) in [4.78, 5) is 32.4. The summed E-state index contributed by atoms with van der Waals surface area (Å²) in [5.41, 5.74) is 0. The first-order chi connectivity index (χ1) is 5.54. The minimum atomic E-state index is -1.06. The molecule has 3 amide bonds. The van der Waals surface area contributed by atoms with Gasteiger partial charge in [-0.15, -0.1) is 4.90 Å². The predicted octanol–water partition coefficient (Wildman–Crippen LogP) is 0.368. The Balaban J connectivity index is 4.55. The molecule has 0 heterocycles. The molecule has 0 aromatic carbocycles. The number of ether oxygens (including phenoxy) is 2. The van der Waals surface area contributed by atoms with Gasteiger partial charge < -0.3 is 9.47 Å². The summed E-state index contributed by atoms with van der Waals surface area (Å²) in [7, 11) is 2.11. The van der Waals surface area contributed by atoms with E-state index in [9.17, 15) is 14.4 Å². The first kappa shape index (κ1) is 10.4. The van der Waals surface area contributed by atoms with Crippen molar-refractivity contribution in [2.75, 3.05) is 14.2 Å². The molecule has 0 bridgehead atoms. The number of hydrogen-bond acceptors (Lipinski definition) is 5. The van der Waals surface area contributed by atoms with Crippen LogP contribution in [-0.2, 0) is 14.3 Å². The molecule has 0 aliphatic carbocycles.